The molecule has 0 aliphatic heterocycles. The summed E-state index contributed by atoms with van der Waals surface area (Å²) >= 11 is 5.92. The molecule has 0 aliphatic rings. The van der Waals surface area contributed by atoms with E-state index in [-0.39, 0.29) is 5.91 Å². The number of para-hydroxylation sites is 1. The lowest BCUT2D eigenvalue weighted by molar-refractivity contribution is 0.0955. The van der Waals surface area contributed by atoms with Gasteiger partial charge in [0, 0.05) is 38.9 Å². The number of hydrogen-bond donors (Lipinski definition) is 1. The molecule has 0 atom stereocenters. The van der Waals surface area contributed by atoms with E-state index in [1.807, 2.05) is 12.1 Å². The Morgan fingerprint density at radius 1 is 1.04 bits per heavy atom. The highest BCUT2D eigenvalue weighted by atomic mass is 35.5. The van der Waals surface area contributed by atoms with Crippen molar-refractivity contribution in [1.29, 1.82) is 0 Å². The third-order valence-electron chi connectivity index (χ3n) is 4.58. The van der Waals surface area contributed by atoms with Gasteiger partial charge in [0.25, 0.3) is 5.91 Å². The van der Waals surface area contributed by atoms with Crippen molar-refractivity contribution in [1.82, 2.24) is 9.99 Å². The van der Waals surface area contributed by atoms with Crippen molar-refractivity contribution < 1.29 is 4.79 Å². The predicted octanol–water partition coefficient (Wildman–Crippen LogP) is 5.23. The zero-order valence-electron chi connectivity index (χ0n) is 14.8. The van der Waals surface area contributed by atoms with Crippen LogP contribution >= 0.6 is 11.6 Å². The summed E-state index contributed by atoms with van der Waals surface area (Å²) in [4.78, 5) is 12.1. The molecule has 1 aromatic heterocycles. The minimum Gasteiger partial charge on any atom is -0.341 e. The Labute approximate surface area is 162 Å². The van der Waals surface area contributed by atoms with Gasteiger partial charge in [0.05, 0.1) is 6.21 Å². The molecule has 3 aromatic carbocycles. The van der Waals surface area contributed by atoms with Crippen molar-refractivity contribution in [2.45, 2.75) is 13.5 Å². The maximum Gasteiger partial charge on any atom is 0.271 e. The molecule has 27 heavy (non-hydrogen) atoms. The van der Waals surface area contributed by atoms with Crippen LogP contribution in [-0.2, 0) is 6.54 Å². The molecule has 4 aromatic rings. The van der Waals surface area contributed by atoms with E-state index in [0.717, 1.165) is 12.1 Å². The summed E-state index contributed by atoms with van der Waals surface area (Å²) in [6, 6.07) is 21.3. The Bertz CT molecular complexity index is 1180. The van der Waals surface area contributed by atoms with Crippen LogP contribution in [0.25, 0.3) is 21.8 Å². The lowest BCUT2D eigenvalue weighted by atomic mass is 10.1. The SMILES string of the molecule is CCn1c2ccccc2c2cc(/C=N\NC(=O)c3cccc(Cl)c3)ccc21. The van der Waals surface area contributed by atoms with Gasteiger partial charge in [0.15, 0.2) is 0 Å². The van der Waals surface area contributed by atoms with E-state index in [1.54, 1.807) is 30.5 Å². The molecule has 1 heterocycles. The molecule has 0 radical (unpaired) electrons. The zero-order chi connectivity index (χ0) is 18.8. The Morgan fingerprint density at radius 2 is 1.85 bits per heavy atom. The largest absolute Gasteiger partial charge is 0.341 e. The second-order valence-corrected chi connectivity index (χ2v) is 6.68. The lowest BCUT2D eigenvalue weighted by Gasteiger charge is -2.03. The minimum atomic E-state index is -0.294. The molecule has 0 fully saturated rings. The van der Waals surface area contributed by atoms with Crippen molar-refractivity contribution in [2.75, 3.05) is 0 Å². The van der Waals surface area contributed by atoms with Crippen LogP contribution < -0.4 is 5.43 Å². The monoisotopic (exact) mass is 375 g/mol. The number of rotatable bonds is 4. The molecule has 1 N–H and O–H groups in total. The maximum atomic E-state index is 12.1. The predicted molar refractivity (Wildman–Crippen MR) is 112 cm³/mol. The van der Waals surface area contributed by atoms with Crippen LogP contribution in [-0.4, -0.2) is 16.7 Å². The van der Waals surface area contributed by atoms with Crippen molar-refractivity contribution in [3.8, 4) is 0 Å². The summed E-state index contributed by atoms with van der Waals surface area (Å²) in [5.41, 5.74) is 6.35. The number of hydrogen-bond acceptors (Lipinski definition) is 2. The molecular weight excluding hydrogens is 358 g/mol. The summed E-state index contributed by atoms with van der Waals surface area (Å²) in [7, 11) is 0. The zero-order valence-corrected chi connectivity index (χ0v) is 15.6. The van der Waals surface area contributed by atoms with Crippen molar-refractivity contribution in [3.63, 3.8) is 0 Å². The Morgan fingerprint density at radius 3 is 2.67 bits per heavy atom. The van der Waals surface area contributed by atoms with Crippen LogP contribution in [0.2, 0.25) is 5.02 Å². The second kappa shape index (κ2) is 7.25. The summed E-state index contributed by atoms with van der Waals surface area (Å²) in [5, 5.41) is 7.00. The Balaban J connectivity index is 1.62. The van der Waals surface area contributed by atoms with Crippen LogP contribution in [0, 0.1) is 0 Å². The van der Waals surface area contributed by atoms with Gasteiger partial charge in [-0.05, 0) is 48.9 Å². The number of nitrogens with one attached hydrogen (secondary N) is 1. The van der Waals surface area contributed by atoms with Gasteiger partial charge in [-0.25, -0.2) is 5.43 Å². The van der Waals surface area contributed by atoms with E-state index < -0.39 is 0 Å². The average Bonchev–Trinajstić information content (AvgIpc) is 3.01. The number of carbonyl (C=O) groups is 1. The first-order chi connectivity index (χ1) is 13.2. The molecule has 0 bridgehead atoms. The number of aryl methyl sites for hydroxylation is 1. The van der Waals surface area contributed by atoms with E-state index in [1.165, 1.54) is 21.8 Å². The number of amides is 1. The van der Waals surface area contributed by atoms with Crippen LogP contribution in [0.4, 0.5) is 0 Å². The average molecular weight is 376 g/mol. The van der Waals surface area contributed by atoms with E-state index in [4.69, 9.17) is 11.6 Å². The number of nitrogens with zero attached hydrogens (tertiary/aromatic N) is 2. The highest BCUT2D eigenvalue weighted by molar-refractivity contribution is 6.31. The summed E-state index contributed by atoms with van der Waals surface area (Å²) in [5.74, 6) is -0.294. The van der Waals surface area contributed by atoms with Crippen molar-refractivity contribution >= 4 is 45.5 Å². The number of aromatic nitrogens is 1. The molecule has 0 saturated carbocycles. The molecule has 134 valence electrons. The van der Waals surface area contributed by atoms with Gasteiger partial charge in [-0.2, -0.15) is 5.10 Å². The third-order valence-corrected chi connectivity index (χ3v) is 4.81. The highest BCUT2D eigenvalue weighted by Gasteiger charge is 2.09. The first kappa shape index (κ1) is 17.3. The van der Waals surface area contributed by atoms with Gasteiger partial charge in [-0.3, -0.25) is 4.79 Å². The molecule has 5 heteroatoms. The molecular formula is C22H18ClN3O. The quantitative estimate of drug-likeness (QED) is 0.385. The second-order valence-electron chi connectivity index (χ2n) is 6.25. The number of hydrazone groups is 1. The van der Waals surface area contributed by atoms with Crippen molar-refractivity contribution in [2.24, 2.45) is 5.10 Å². The number of carbonyl (C=O) groups excluding carboxylic acids is 1. The minimum absolute atomic E-state index is 0.294. The number of halogens is 1. The highest BCUT2D eigenvalue weighted by Crippen LogP contribution is 2.29. The maximum absolute atomic E-state index is 12.1. The molecule has 0 saturated heterocycles. The van der Waals surface area contributed by atoms with Crippen LogP contribution in [0.5, 0.6) is 0 Å². The van der Waals surface area contributed by atoms with Gasteiger partial charge in [0.1, 0.15) is 0 Å². The fraction of sp³-hybridized carbons (Fsp3) is 0.0909. The van der Waals surface area contributed by atoms with Crippen LogP contribution in [0.15, 0.2) is 71.8 Å². The molecule has 4 nitrogen and oxygen atoms in total. The first-order valence-electron chi connectivity index (χ1n) is 8.77. The van der Waals surface area contributed by atoms with Gasteiger partial charge in [0.2, 0.25) is 0 Å². The molecule has 4 rings (SSSR count). The summed E-state index contributed by atoms with van der Waals surface area (Å²) < 4.78 is 2.30. The van der Waals surface area contributed by atoms with Gasteiger partial charge < -0.3 is 4.57 Å². The Hall–Kier alpha value is -3.11. The number of fused-ring (bicyclic) bond motifs is 3. The lowest BCUT2D eigenvalue weighted by Crippen LogP contribution is -2.17. The summed E-state index contributed by atoms with van der Waals surface area (Å²) in [6.07, 6.45) is 1.65. The van der Waals surface area contributed by atoms with Gasteiger partial charge in [-0.1, -0.05) is 41.9 Å². The fourth-order valence-corrected chi connectivity index (χ4v) is 3.54. The van der Waals surface area contributed by atoms with E-state index in [2.05, 4.69) is 52.3 Å². The van der Waals surface area contributed by atoms with Crippen molar-refractivity contribution in [3.05, 3.63) is 82.9 Å². The van der Waals surface area contributed by atoms with E-state index in [9.17, 15) is 4.79 Å². The van der Waals surface area contributed by atoms with Crippen LogP contribution in [0.1, 0.15) is 22.8 Å². The topological polar surface area (TPSA) is 46.4 Å². The van der Waals surface area contributed by atoms with E-state index in [0.29, 0.717) is 10.6 Å². The standard InChI is InChI=1S/C22H18ClN3O/c1-2-26-20-9-4-3-8-18(20)19-12-15(10-11-21(19)26)14-24-25-22(27)16-6-5-7-17(23)13-16/h3-14H,2H2,1H3,(H,25,27)/b24-14-. The summed E-state index contributed by atoms with van der Waals surface area (Å²) in [6.45, 7) is 3.06. The fourth-order valence-electron chi connectivity index (χ4n) is 3.35. The van der Waals surface area contributed by atoms with Crippen LogP contribution in [0.3, 0.4) is 0 Å². The van der Waals surface area contributed by atoms with Gasteiger partial charge >= 0.3 is 0 Å². The molecule has 0 spiro atoms. The van der Waals surface area contributed by atoms with Gasteiger partial charge in [-0.15, -0.1) is 0 Å². The normalized spacial score (nSPS) is 11.5. The first-order valence-corrected chi connectivity index (χ1v) is 9.15. The van der Waals surface area contributed by atoms with E-state index >= 15 is 0 Å². The third kappa shape index (κ3) is 3.32. The molecule has 0 unspecified atom stereocenters. The molecule has 1 amide bonds. The smallest absolute Gasteiger partial charge is 0.271 e. The Kier molecular flexibility index (Phi) is 4.65. The molecule has 0 aliphatic carbocycles. The number of benzene rings is 3.